The molecular weight excluding hydrogens is 122 g/mol. The van der Waals surface area contributed by atoms with Gasteiger partial charge in [-0.3, -0.25) is 0 Å². The highest BCUT2D eigenvalue weighted by Crippen LogP contribution is 2.33. The molecule has 1 aliphatic rings. The third-order valence-electron chi connectivity index (χ3n) is 1.94. The van der Waals surface area contributed by atoms with Crippen molar-refractivity contribution >= 4 is 0 Å². The van der Waals surface area contributed by atoms with Crippen LogP contribution in [0, 0.1) is 5.92 Å². The van der Waals surface area contributed by atoms with Gasteiger partial charge in [-0.2, -0.15) is 0 Å². The molecule has 1 rings (SSSR count). The molecule has 58 valence electrons. The lowest BCUT2D eigenvalue weighted by Crippen LogP contribution is -2.20. The molecule has 1 aliphatic carbocycles. The van der Waals surface area contributed by atoms with E-state index in [1.54, 1.807) is 0 Å². The minimum Gasteiger partial charge on any atom is -0.327 e. The summed E-state index contributed by atoms with van der Waals surface area (Å²) >= 11 is 0. The number of hydrogen-bond acceptors (Lipinski definition) is 1. The first kappa shape index (κ1) is 7.80. The quantitative estimate of drug-likeness (QED) is 0.593. The number of rotatable bonds is 4. The van der Waals surface area contributed by atoms with E-state index >= 15 is 0 Å². The molecule has 1 heteroatoms. The summed E-state index contributed by atoms with van der Waals surface area (Å²) < 4.78 is 0. The van der Waals surface area contributed by atoms with E-state index in [1.165, 1.54) is 24.8 Å². The Labute approximate surface area is 63.3 Å². The molecule has 1 nitrogen and oxygen atoms in total. The Balaban J connectivity index is 2.07. The lowest BCUT2D eigenvalue weighted by atomic mass is 10.0. The fraction of sp³-hybridized carbons (Fsp3) is 0.778. The number of nitrogens with two attached hydrogens (primary N) is 1. The van der Waals surface area contributed by atoms with Gasteiger partial charge >= 0.3 is 0 Å². The molecule has 0 spiro atoms. The SMILES string of the molecule is C=C(C)CC(N)CC1CC1. The maximum absolute atomic E-state index is 5.85. The first-order chi connectivity index (χ1) is 4.68. The van der Waals surface area contributed by atoms with Crippen LogP contribution in [0.1, 0.15) is 32.6 Å². The summed E-state index contributed by atoms with van der Waals surface area (Å²) in [4.78, 5) is 0. The minimum atomic E-state index is 0.380. The van der Waals surface area contributed by atoms with Crippen LogP contribution >= 0.6 is 0 Å². The molecule has 1 saturated carbocycles. The molecule has 0 saturated heterocycles. The van der Waals surface area contributed by atoms with Crippen LogP contribution in [-0.4, -0.2) is 6.04 Å². The van der Waals surface area contributed by atoms with E-state index < -0.39 is 0 Å². The molecular formula is C9H17N. The molecule has 0 aliphatic heterocycles. The van der Waals surface area contributed by atoms with Gasteiger partial charge in [0.2, 0.25) is 0 Å². The molecule has 1 unspecified atom stereocenters. The van der Waals surface area contributed by atoms with E-state index in [1.807, 2.05) is 6.92 Å². The fourth-order valence-corrected chi connectivity index (χ4v) is 1.31. The first-order valence-corrected chi connectivity index (χ1v) is 4.08. The largest absolute Gasteiger partial charge is 0.327 e. The van der Waals surface area contributed by atoms with E-state index in [-0.39, 0.29) is 0 Å². The van der Waals surface area contributed by atoms with Crippen LogP contribution in [0.25, 0.3) is 0 Å². The van der Waals surface area contributed by atoms with Crippen molar-refractivity contribution in [1.82, 2.24) is 0 Å². The molecule has 0 radical (unpaired) electrons. The van der Waals surface area contributed by atoms with E-state index in [0.29, 0.717) is 6.04 Å². The zero-order valence-electron chi connectivity index (χ0n) is 6.77. The Morgan fingerprint density at radius 1 is 1.70 bits per heavy atom. The summed E-state index contributed by atoms with van der Waals surface area (Å²) in [6, 6.07) is 0.380. The van der Waals surface area contributed by atoms with Crippen molar-refractivity contribution in [1.29, 1.82) is 0 Å². The summed E-state index contributed by atoms with van der Waals surface area (Å²) in [7, 11) is 0. The average molecular weight is 139 g/mol. The standard InChI is InChI=1S/C9H17N/c1-7(2)5-9(10)6-8-3-4-8/h8-9H,1,3-6,10H2,2H3. The number of hydrogen-bond donors (Lipinski definition) is 1. The zero-order chi connectivity index (χ0) is 7.56. The lowest BCUT2D eigenvalue weighted by molar-refractivity contribution is 0.565. The maximum Gasteiger partial charge on any atom is 0.00785 e. The van der Waals surface area contributed by atoms with Gasteiger partial charge < -0.3 is 5.73 Å². The van der Waals surface area contributed by atoms with Crippen molar-refractivity contribution in [2.45, 2.75) is 38.6 Å². The molecule has 0 amide bonds. The van der Waals surface area contributed by atoms with Gasteiger partial charge in [0, 0.05) is 6.04 Å². The molecule has 0 heterocycles. The second kappa shape index (κ2) is 3.20. The van der Waals surface area contributed by atoms with Crippen molar-refractivity contribution in [3.8, 4) is 0 Å². The molecule has 1 fully saturated rings. The molecule has 0 bridgehead atoms. The van der Waals surface area contributed by atoms with Crippen molar-refractivity contribution < 1.29 is 0 Å². The topological polar surface area (TPSA) is 26.0 Å². The van der Waals surface area contributed by atoms with Crippen LogP contribution in [0.15, 0.2) is 12.2 Å². The highest BCUT2D eigenvalue weighted by molar-refractivity contribution is 4.93. The predicted octanol–water partition coefficient (Wildman–Crippen LogP) is 2.08. The summed E-state index contributed by atoms with van der Waals surface area (Å²) in [6.45, 7) is 5.89. The third-order valence-corrected chi connectivity index (χ3v) is 1.94. The monoisotopic (exact) mass is 139 g/mol. The molecule has 1 atom stereocenters. The molecule has 0 aromatic rings. The molecule has 10 heavy (non-hydrogen) atoms. The van der Waals surface area contributed by atoms with Gasteiger partial charge in [-0.15, -0.1) is 6.58 Å². The van der Waals surface area contributed by atoms with E-state index in [9.17, 15) is 0 Å². The van der Waals surface area contributed by atoms with E-state index in [2.05, 4.69) is 6.58 Å². The normalized spacial score (nSPS) is 20.6. The van der Waals surface area contributed by atoms with Gasteiger partial charge in [0.25, 0.3) is 0 Å². The highest BCUT2D eigenvalue weighted by atomic mass is 14.6. The van der Waals surface area contributed by atoms with Crippen LogP contribution < -0.4 is 5.73 Å². The molecule has 0 aromatic carbocycles. The smallest absolute Gasteiger partial charge is 0.00785 e. The summed E-state index contributed by atoms with van der Waals surface area (Å²) in [5.41, 5.74) is 7.07. The predicted molar refractivity (Wildman–Crippen MR) is 44.7 cm³/mol. The Bertz CT molecular complexity index is 125. The Morgan fingerprint density at radius 2 is 2.30 bits per heavy atom. The van der Waals surface area contributed by atoms with Crippen LogP contribution in [0.4, 0.5) is 0 Å². The Hall–Kier alpha value is -0.300. The summed E-state index contributed by atoms with van der Waals surface area (Å²) in [5.74, 6) is 0.953. The fourth-order valence-electron chi connectivity index (χ4n) is 1.31. The van der Waals surface area contributed by atoms with E-state index in [4.69, 9.17) is 5.73 Å². The lowest BCUT2D eigenvalue weighted by Gasteiger charge is -2.09. The molecule has 0 aromatic heterocycles. The van der Waals surface area contributed by atoms with Gasteiger partial charge in [-0.1, -0.05) is 18.4 Å². The van der Waals surface area contributed by atoms with Crippen LogP contribution in [0.2, 0.25) is 0 Å². The van der Waals surface area contributed by atoms with E-state index in [0.717, 1.165) is 12.3 Å². The second-order valence-corrected chi connectivity index (χ2v) is 3.60. The van der Waals surface area contributed by atoms with Crippen molar-refractivity contribution in [3.05, 3.63) is 12.2 Å². The van der Waals surface area contributed by atoms with Gasteiger partial charge in [0.05, 0.1) is 0 Å². The average Bonchev–Trinajstić information content (AvgIpc) is 2.46. The van der Waals surface area contributed by atoms with Gasteiger partial charge in [-0.05, 0) is 25.7 Å². The zero-order valence-corrected chi connectivity index (χ0v) is 6.77. The third kappa shape index (κ3) is 3.02. The first-order valence-electron chi connectivity index (χ1n) is 4.08. The van der Waals surface area contributed by atoms with Gasteiger partial charge in [0.1, 0.15) is 0 Å². The second-order valence-electron chi connectivity index (χ2n) is 3.60. The molecule has 2 N–H and O–H groups in total. The van der Waals surface area contributed by atoms with Crippen LogP contribution in [0.3, 0.4) is 0 Å². The van der Waals surface area contributed by atoms with Crippen molar-refractivity contribution in [3.63, 3.8) is 0 Å². The van der Waals surface area contributed by atoms with Crippen LogP contribution in [-0.2, 0) is 0 Å². The Kier molecular flexibility index (Phi) is 2.50. The minimum absolute atomic E-state index is 0.380. The van der Waals surface area contributed by atoms with Crippen molar-refractivity contribution in [2.24, 2.45) is 11.7 Å². The van der Waals surface area contributed by atoms with Crippen molar-refractivity contribution in [2.75, 3.05) is 0 Å². The highest BCUT2D eigenvalue weighted by Gasteiger charge is 2.23. The van der Waals surface area contributed by atoms with Gasteiger partial charge in [0.15, 0.2) is 0 Å². The van der Waals surface area contributed by atoms with Crippen LogP contribution in [0.5, 0.6) is 0 Å². The summed E-state index contributed by atoms with van der Waals surface area (Å²) in [5, 5.41) is 0. The van der Waals surface area contributed by atoms with Gasteiger partial charge in [-0.25, -0.2) is 0 Å². The maximum atomic E-state index is 5.85. The Morgan fingerprint density at radius 3 is 2.70 bits per heavy atom. The summed E-state index contributed by atoms with van der Waals surface area (Å²) in [6.07, 6.45) is 5.04.